The summed E-state index contributed by atoms with van der Waals surface area (Å²) in [7, 11) is 2.01. The molecule has 0 bridgehead atoms. The van der Waals surface area contributed by atoms with Gasteiger partial charge in [0.05, 0.1) is 6.04 Å². The van der Waals surface area contributed by atoms with Crippen molar-refractivity contribution in [3.05, 3.63) is 41.4 Å². The third-order valence-corrected chi connectivity index (χ3v) is 2.92. The summed E-state index contributed by atoms with van der Waals surface area (Å²) in [6.45, 7) is 6.95. The van der Waals surface area contributed by atoms with Gasteiger partial charge in [-0.1, -0.05) is 6.92 Å². The van der Waals surface area contributed by atoms with Crippen molar-refractivity contribution in [1.82, 2.24) is 14.9 Å². The Labute approximate surface area is 102 Å². The standard InChI is InChI=1S/C13H19N3O/c1-5-14-12(13-15-6-7-16(13)4)11-8-9(2)17-10(11)3/h6-8,12,14H,5H2,1-4H3. The van der Waals surface area contributed by atoms with Crippen molar-refractivity contribution in [3.8, 4) is 0 Å². The van der Waals surface area contributed by atoms with Crippen molar-refractivity contribution in [3.63, 3.8) is 0 Å². The lowest BCUT2D eigenvalue weighted by molar-refractivity contribution is 0.491. The van der Waals surface area contributed by atoms with Crippen LogP contribution in [0.1, 0.15) is 35.9 Å². The maximum atomic E-state index is 5.60. The number of furan rings is 1. The van der Waals surface area contributed by atoms with Crippen molar-refractivity contribution >= 4 is 0 Å². The van der Waals surface area contributed by atoms with Gasteiger partial charge in [0.2, 0.25) is 0 Å². The van der Waals surface area contributed by atoms with Gasteiger partial charge in [0.25, 0.3) is 0 Å². The van der Waals surface area contributed by atoms with Crippen molar-refractivity contribution in [2.24, 2.45) is 7.05 Å². The average molecular weight is 233 g/mol. The summed E-state index contributed by atoms with van der Waals surface area (Å²) in [6, 6.07) is 2.18. The first-order chi connectivity index (χ1) is 8.13. The fraction of sp³-hybridized carbons (Fsp3) is 0.462. The minimum absolute atomic E-state index is 0.0949. The molecule has 1 N–H and O–H groups in total. The molecule has 2 aromatic rings. The third kappa shape index (κ3) is 2.26. The molecule has 0 aromatic carbocycles. The van der Waals surface area contributed by atoms with E-state index in [0.29, 0.717) is 0 Å². The van der Waals surface area contributed by atoms with Crippen LogP contribution in [-0.2, 0) is 7.05 Å². The number of hydrogen-bond donors (Lipinski definition) is 1. The van der Waals surface area contributed by atoms with Gasteiger partial charge in [0, 0.05) is 25.0 Å². The highest BCUT2D eigenvalue weighted by atomic mass is 16.3. The molecule has 0 aliphatic carbocycles. The fourth-order valence-corrected chi connectivity index (χ4v) is 2.14. The zero-order chi connectivity index (χ0) is 12.4. The highest BCUT2D eigenvalue weighted by Gasteiger charge is 2.21. The molecular weight excluding hydrogens is 214 g/mol. The lowest BCUT2D eigenvalue weighted by Gasteiger charge is -2.17. The molecule has 2 aromatic heterocycles. The summed E-state index contributed by atoms with van der Waals surface area (Å²) < 4.78 is 7.64. The molecule has 92 valence electrons. The van der Waals surface area contributed by atoms with E-state index in [2.05, 4.69) is 23.3 Å². The first-order valence-corrected chi connectivity index (χ1v) is 5.91. The van der Waals surface area contributed by atoms with Crippen LogP contribution in [0.5, 0.6) is 0 Å². The molecular formula is C13H19N3O. The molecule has 17 heavy (non-hydrogen) atoms. The molecule has 1 atom stereocenters. The van der Waals surface area contributed by atoms with Gasteiger partial charge in [-0.2, -0.15) is 0 Å². The van der Waals surface area contributed by atoms with E-state index in [9.17, 15) is 0 Å². The molecule has 0 fully saturated rings. The molecule has 4 heteroatoms. The van der Waals surface area contributed by atoms with Crippen molar-refractivity contribution < 1.29 is 4.42 Å². The Morgan fingerprint density at radius 3 is 2.71 bits per heavy atom. The lowest BCUT2D eigenvalue weighted by atomic mass is 10.1. The van der Waals surface area contributed by atoms with E-state index < -0.39 is 0 Å². The van der Waals surface area contributed by atoms with Crippen molar-refractivity contribution in [1.29, 1.82) is 0 Å². The van der Waals surface area contributed by atoms with Crippen LogP contribution in [0, 0.1) is 13.8 Å². The lowest BCUT2D eigenvalue weighted by Crippen LogP contribution is -2.25. The summed E-state index contributed by atoms with van der Waals surface area (Å²) in [5.41, 5.74) is 1.17. The van der Waals surface area contributed by atoms with Gasteiger partial charge in [-0.3, -0.25) is 0 Å². The number of rotatable bonds is 4. The van der Waals surface area contributed by atoms with E-state index in [1.54, 1.807) is 0 Å². The summed E-state index contributed by atoms with van der Waals surface area (Å²) in [5, 5.41) is 3.45. The van der Waals surface area contributed by atoms with Crippen LogP contribution < -0.4 is 5.32 Å². The molecule has 1 unspecified atom stereocenters. The van der Waals surface area contributed by atoms with Crippen LogP contribution in [0.4, 0.5) is 0 Å². The molecule has 0 aliphatic heterocycles. The first kappa shape index (κ1) is 11.9. The summed E-state index contributed by atoms with van der Waals surface area (Å²) in [5.74, 6) is 2.90. The molecule has 2 rings (SSSR count). The highest BCUT2D eigenvalue weighted by molar-refractivity contribution is 5.29. The Morgan fingerprint density at radius 1 is 1.47 bits per heavy atom. The Kier molecular flexibility index (Phi) is 3.33. The molecule has 2 heterocycles. The molecule has 0 spiro atoms. The predicted molar refractivity (Wildman–Crippen MR) is 66.9 cm³/mol. The molecule has 0 saturated carbocycles. The molecule has 0 radical (unpaired) electrons. The maximum absolute atomic E-state index is 5.60. The summed E-state index contributed by atoms with van der Waals surface area (Å²) in [6.07, 6.45) is 3.78. The van der Waals surface area contributed by atoms with Crippen molar-refractivity contribution in [2.75, 3.05) is 6.54 Å². The minimum atomic E-state index is 0.0949. The van der Waals surface area contributed by atoms with E-state index in [4.69, 9.17) is 4.42 Å². The number of hydrogen-bond acceptors (Lipinski definition) is 3. The van der Waals surface area contributed by atoms with Crippen LogP contribution in [0.15, 0.2) is 22.9 Å². The summed E-state index contributed by atoms with van der Waals surface area (Å²) >= 11 is 0. The van der Waals surface area contributed by atoms with Gasteiger partial charge in [0.15, 0.2) is 0 Å². The number of imidazole rings is 1. The normalized spacial score (nSPS) is 12.9. The average Bonchev–Trinajstić information content (AvgIpc) is 2.82. The van der Waals surface area contributed by atoms with Crippen LogP contribution >= 0.6 is 0 Å². The van der Waals surface area contributed by atoms with E-state index in [1.807, 2.05) is 37.9 Å². The third-order valence-electron chi connectivity index (χ3n) is 2.92. The maximum Gasteiger partial charge on any atom is 0.130 e. The fourth-order valence-electron chi connectivity index (χ4n) is 2.14. The van der Waals surface area contributed by atoms with Gasteiger partial charge < -0.3 is 14.3 Å². The predicted octanol–water partition coefficient (Wildman–Crippen LogP) is 2.33. The monoisotopic (exact) mass is 233 g/mol. The molecule has 0 aliphatic rings. The van der Waals surface area contributed by atoms with Gasteiger partial charge in [-0.25, -0.2) is 4.98 Å². The summed E-state index contributed by atoms with van der Waals surface area (Å²) in [4.78, 5) is 4.42. The van der Waals surface area contributed by atoms with Crippen LogP contribution in [0.3, 0.4) is 0 Å². The zero-order valence-corrected chi connectivity index (χ0v) is 10.8. The number of nitrogens with zero attached hydrogens (tertiary/aromatic N) is 2. The largest absolute Gasteiger partial charge is 0.466 e. The molecule has 4 nitrogen and oxygen atoms in total. The zero-order valence-electron chi connectivity index (χ0n) is 10.8. The van der Waals surface area contributed by atoms with Crippen LogP contribution in [0.25, 0.3) is 0 Å². The molecule has 0 saturated heterocycles. The van der Waals surface area contributed by atoms with Gasteiger partial charge in [0.1, 0.15) is 17.3 Å². The Bertz CT molecular complexity index is 498. The highest BCUT2D eigenvalue weighted by Crippen LogP contribution is 2.26. The van der Waals surface area contributed by atoms with E-state index in [0.717, 1.165) is 23.9 Å². The topological polar surface area (TPSA) is 43.0 Å². The first-order valence-electron chi connectivity index (χ1n) is 5.91. The Hall–Kier alpha value is -1.55. The number of aromatic nitrogens is 2. The Morgan fingerprint density at radius 2 is 2.24 bits per heavy atom. The minimum Gasteiger partial charge on any atom is -0.466 e. The van der Waals surface area contributed by atoms with E-state index in [1.165, 1.54) is 5.56 Å². The van der Waals surface area contributed by atoms with E-state index in [-0.39, 0.29) is 6.04 Å². The second-order valence-electron chi connectivity index (χ2n) is 4.26. The quantitative estimate of drug-likeness (QED) is 0.881. The number of nitrogens with one attached hydrogen (secondary N) is 1. The molecule has 0 amide bonds. The van der Waals surface area contributed by atoms with E-state index >= 15 is 0 Å². The van der Waals surface area contributed by atoms with Crippen molar-refractivity contribution in [2.45, 2.75) is 26.8 Å². The number of aryl methyl sites for hydroxylation is 3. The smallest absolute Gasteiger partial charge is 0.130 e. The second-order valence-corrected chi connectivity index (χ2v) is 4.26. The SMILES string of the molecule is CCNC(c1cc(C)oc1C)c1nccn1C. The van der Waals surface area contributed by atoms with Crippen LogP contribution in [0.2, 0.25) is 0 Å². The van der Waals surface area contributed by atoms with Gasteiger partial charge in [-0.05, 0) is 26.5 Å². The Balaban J connectivity index is 2.42. The van der Waals surface area contributed by atoms with Crippen LogP contribution in [-0.4, -0.2) is 16.1 Å². The van der Waals surface area contributed by atoms with Gasteiger partial charge in [-0.15, -0.1) is 0 Å². The second kappa shape index (κ2) is 4.75. The van der Waals surface area contributed by atoms with Gasteiger partial charge >= 0.3 is 0 Å².